The van der Waals surface area contributed by atoms with Gasteiger partial charge in [0.1, 0.15) is 5.82 Å². The van der Waals surface area contributed by atoms with E-state index in [0.717, 1.165) is 35.4 Å². The van der Waals surface area contributed by atoms with Crippen molar-refractivity contribution in [2.45, 2.75) is 19.4 Å². The number of hydrogen-bond donors (Lipinski definition) is 1. The third-order valence-electron chi connectivity index (χ3n) is 5.11. The van der Waals surface area contributed by atoms with E-state index in [2.05, 4.69) is 6.58 Å². The number of rotatable bonds is 8. The van der Waals surface area contributed by atoms with Gasteiger partial charge in [-0.25, -0.2) is 14.5 Å². The van der Waals surface area contributed by atoms with Crippen LogP contribution in [-0.2, 0) is 13.0 Å². The summed E-state index contributed by atoms with van der Waals surface area (Å²) in [6.45, 7) is 4.40. The Morgan fingerprint density at radius 2 is 1.65 bits per heavy atom. The van der Waals surface area contributed by atoms with E-state index in [1.54, 1.807) is 12.1 Å². The molecule has 0 aliphatic carbocycles. The minimum Gasteiger partial charge on any atom is -0.478 e. The molecular formula is C26H23N3O2. The molecule has 4 rings (SSSR count). The smallest absolute Gasteiger partial charge is 0.336 e. The normalized spacial score (nSPS) is 10.7. The van der Waals surface area contributed by atoms with Gasteiger partial charge in [-0.1, -0.05) is 78.9 Å². The fourth-order valence-electron chi connectivity index (χ4n) is 3.51. The van der Waals surface area contributed by atoms with Gasteiger partial charge in [0.25, 0.3) is 0 Å². The average molecular weight is 409 g/mol. The summed E-state index contributed by atoms with van der Waals surface area (Å²) in [7, 11) is 0. The Morgan fingerprint density at radius 3 is 2.35 bits per heavy atom. The zero-order chi connectivity index (χ0) is 21.6. The summed E-state index contributed by atoms with van der Waals surface area (Å²) < 4.78 is 1.94. The van der Waals surface area contributed by atoms with Gasteiger partial charge in [0.15, 0.2) is 5.82 Å². The van der Waals surface area contributed by atoms with E-state index in [1.807, 2.05) is 77.5 Å². The van der Waals surface area contributed by atoms with Gasteiger partial charge < -0.3 is 5.11 Å². The molecule has 0 aliphatic rings. The van der Waals surface area contributed by atoms with Crippen molar-refractivity contribution in [3.05, 3.63) is 108 Å². The molecule has 0 saturated heterocycles. The van der Waals surface area contributed by atoms with Gasteiger partial charge >= 0.3 is 5.97 Å². The summed E-state index contributed by atoms with van der Waals surface area (Å²) in [4.78, 5) is 16.3. The molecule has 0 fully saturated rings. The van der Waals surface area contributed by atoms with Crippen molar-refractivity contribution >= 4 is 5.97 Å². The standard InChI is InChI=1S/C26H23N3O2/c1-2-3-13-24-27-25(21-9-5-4-6-10-21)28-29(24)18-19-14-16-20(17-15-19)22-11-7-8-12-23(22)26(30)31/h2,4-12,14-17H,1,3,13,18H2,(H,30,31). The predicted molar refractivity (Wildman–Crippen MR) is 122 cm³/mol. The van der Waals surface area contributed by atoms with Crippen LogP contribution in [0, 0.1) is 0 Å². The molecule has 1 heterocycles. The topological polar surface area (TPSA) is 68.0 Å². The highest BCUT2D eigenvalue weighted by molar-refractivity contribution is 5.95. The van der Waals surface area contributed by atoms with E-state index in [4.69, 9.17) is 10.1 Å². The van der Waals surface area contributed by atoms with Crippen molar-refractivity contribution in [1.82, 2.24) is 14.8 Å². The first-order chi connectivity index (χ1) is 15.2. The van der Waals surface area contributed by atoms with Crippen LogP contribution in [0.3, 0.4) is 0 Å². The second-order valence-corrected chi connectivity index (χ2v) is 7.25. The Kier molecular flexibility index (Phi) is 6.03. The van der Waals surface area contributed by atoms with Gasteiger partial charge in [-0.15, -0.1) is 6.58 Å². The third-order valence-corrected chi connectivity index (χ3v) is 5.11. The Balaban J connectivity index is 1.61. The van der Waals surface area contributed by atoms with Crippen LogP contribution >= 0.6 is 0 Å². The zero-order valence-corrected chi connectivity index (χ0v) is 17.1. The quantitative estimate of drug-likeness (QED) is 0.392. The molecule has 0 atom stereocenters. The maximum atomic E-state index is 11.5. The predicted octanol–water partition coefficient (Wildman–Crippen LogP) is 5.48. The van der Waals surface area contributed by atoms with Gasteiger partial charge in [0.2, 0.25) is 0 Å². The van der Waals surface area contributed by atoms with Crippen LogP contribution in [0.1, 0.15) is 28.2 Å². The molecule has 154 valence electrons. The monoisotopic (exact) mass is 409 g/mol. The number of aryl methyl sites for hydroxylation is 1. The zero-order valence-electron chi connectivity index (χ0n) is 17.1. The van der Waals surface area contributed by atoms with Crippen molar-refractivity contribution in [2.24, 2.45) is 0 Å². The lowest BCUT2D eigenvalue weighted by Crippen LogP contribution is -2.07. The number of nitrogens with zero attached hydrogens (tertiary/aromatic N) is 3. The summed E-state index contributed by atoms with van der Waals surface area (Å²) in [6.07, 6.45) is 3.49. The van der Waals surface area contributed by atoms with Gasteiger partial charge in [-0.05, 0) is 29.2 Å². The summed E-state index contributed by atoms with van der Waals surface area (Å²) in [5.74, 6) is 0.702. The van der Waals surface area contributed by atoms with E-state index < -0.39 is 5.97 Å². The fraction of sp³-hybridized carbons (Fsp3) is 0.115. The van der Waals surface area contributed by atoms with Crippen LogP contribution < -0.4 is 0 Å². The van der Waals surface area contributed by atoms with E-state index in [0.29, 0.717) is 23.5 Å². The Hall–Kier alpha value is -3.99. The highest BCUT2D eigenvalue weighted by atomic mass is 16.4. The number of carbonyl (C=O) groups is 1. The van der Waals surface area contributed by atoms with Crippen LogP contribution in [0.4, 0.5) is 0 Å². The minimum absolute atomic E-state index is 0.297. The molecule has 4 aromatic rings. The second kappa shape index (κ2) is 9.22. The number of hydrogen-bond acceptors (Lipinski definition) is 3. The van der Waals surface area contributed by atoms with Gasteiger partial charge in [-0.3, -0.25) is 0 Å². The summed E-state index contributed by atoms with van der Waals surface area (Å²) in [5, 5.41) is 14.2. The van der Waals surface area contributed by atoms with Crippen LogP contribution in [0.5, 0.6) is 0 Å². The first kappa shape index (κ1) is 20.3. The summed E-state index contributed by atoms with van der Waals surface area (Å²) >= 11 is 0. The molecule has 31 heavy (non-hydrogen) atoms. The number of benzene rings is 3. The molecule has 3 aromatic carbocycles. The number of carboxylic acid groups (broad SMARTS) is 1. The van der Waals surface area contributed by atoms with Crippen LogP contribution in [-0.4, -0.2) is 25.8 Å². The largest absolute Gasteiger partial charge is 0.478 e. The molecule has 0 saturated carbocycles. The first-order valence-corrected chi connectivity index (χ1v) is 10.2. The van der Waals surface area contributed by atoms with Crippen molar-refractivity contribution in [1.29, 1.82) is 0 Å². The van der Waals surface area contributed by atoms with Gasteiger partial charge in [-0.2, -0.15) is 5.10 Å². The maximum absolute atomic E-state index is 11.5. The molecular weight excluding hydrogens is 386 g/mol. The third kappa shape index (κ3) is 4.61. The number of allylic oxidation sites excluding steroid dienone is 1. The Labute approximate surface area is 181 Å². The summed E-state index contributed by atoms with van der Waals surface area (Å²) in [6, 6.07) is 24.9. The van der Waals surface area contributed by atoms with E-state index in [1.165, 1.54) is 0 Å². The summed E-state index contributed by atoms with van der Waals surface area (Å²) in [5.41, 5.74) is 3.94. The maximum Gasteiger partial charge on any atom is 0.336 e. The lowest BCUT2D eigenvalue weighted by Gasteiger charge is -2.09. The van der Waals surface area contributed by atoms with Crippen molar-refractivity contribution in [2.75, 3.05) is 0 Å². The second-order valence-electron chi connectivity index (χ2n) is 7.25. The van der Waals surface area contributed by atoms with Gasteiger partial charge in [0.05, 0.1) is 12.1 Å². The van der Waals surface area contributed by atoms with E-state index >= 15 is 0 Å². The fourth-order valence-corrected chi connectivity index (χ4v) is 3.51. The molecule has 0 radical (unpaired) electrons. The molecule has 1 N–H and O–H groups in total. The number of carboxylic acids is 1. The minimum atomic E-state index is -0.928. The first-order valence-electron chi connectivity index (χ1n) is 10.2. The van der Waals surface area contributed by atoms with Gasteiger partial charge in [0, 0.05) is 12.0 Å². The average Bonchev–Trinajstić information content (AvgIpc) is 3.21. The number of aromatic nitrogens is 3. The van der Waals surface area contributed by atoms with Crippen LogP contribution in [0.15, 0.2) is 91.5 Å². The SMILES string of the molecule is C=CCCc1nc(-c2ccccc2)nn1Cc1ccc(-c2ccccc2C(=O)O)cc1. The Morgan fingerprint density at radius 1 is 0.935 bits per heavy atom. The van der Waals surface area contributed by atoms with Crippen molar-refractivity contribution < 1.29 is 9.90 Å². The molecule has 0 amide bonds. The molecule has 0 unspecified atom stereocenters. The Bertz CT molecular complexity index is 1200. The lowest BCUT2D eigenvalue weighted by molar-refractivity contribution is 0.0697. The molecule has 0 bridgehead atoms. The molecule has 5 nitrogen and oxygen atoms in total. The van der Waals surface area contributed by atoms with E-state index in [-0.39, 0.29) is 0 Å². The van der Waals surface area contributed by atoms with Crippen LogP contribution in [0.2, 0.25) is 0 Å². The highest BCUT2D eigenvalue weighted by Gasteiger charge is 2.13. The lowest BCUT2D eigenvalue weighted by atomic mass is 9.99. The van der Waals surface area contributed by atoms with E-state index in [9.17, 15) is 9.90 Å². The van der Waals surface area contributed by atoms with Crippen molar-refractivity contribution in [3.63, 3.8) is 0 Å². The molecule has 0 aliphatic heterocycles. The van der Waals surface area contributed by atoms with Crippen LogP contribution in [0.25, 0.3) is 22.5 Å². The number of aromatic carboxylic acids is 1. The molecule has 1 aromatic heterocycles. The molecule has 0 spiro atoms. The highest BCUT2D eigenvalue weighted by Crippen LogP contribution is 2.25. The molecule has 5 heteroatoms. The van der Waals surface area contributed by atoms with Crippen molar-refractivity contribution in [3.8, 4) is 22.5 Å².